The molecular formula is C74H121N19O20S2. The molecule has 1 saturated carbocycles. The number of amides is 16. The van der Waals surface area contributed by atoms with Gasteiger partial charge in [0, 0.05) is 36.2 Å². The Balaban J connectivity index is 1.54. The summed E-state index contributed by atoms with van der Waals surface area (Å²) in [6.45, 7) is 14.0. The van der Waals surface area contributed by atoms with Crippen LogP contribution in [0.15, 0.2) is 4.99 Å². The van der Waals surface area contributed by atoms with Gasteiger partial charge in [-0.1, -0.05) is 109 Å². The van der Waals surface area contributed by atoms with Crippen molar-refractivity contribution in [1.82, 2.24) is 83.8 Å². The number of fused-ring (bicyclic) bond motifs is 10. The molecule has 6 aliphatic rings. The lowest BCUT2D eigenvalue weighted by atomic mass is 9.84. The number of hydrogen-bond acceptors (Lipinski definition) is 22. The number of guanidine groups is 1. The Hall–Kier alpha value is -9.12. The molecule has 20 N–H and O–H groups in total. The molecule has 5 saturated heterocycles. The van der Waals surface area contributed by atoms with E-state index in [1.165, 1.54) is 35.5 Å². The summed E-state index contributed by atoms with van der Waals surface area (Å²) in [6.07, 6.45) is 2.95. The van der Waals surface area contributed by atoms with Gasteiger partial charge in [-0.15, -0.1) is 0 Å². The number of aliphatic imine (C=N–C) groups is 1. The molecule has 6 rings (SSSR count). The fourth-order valence-electron chi connectivity index (χ4n) is 15.0. The van der Waals surface area contributed by atoms with Crippen LogP contribution in [0.4, 0.5) is 0 Å². The fraction of sp³-hybridized carbons (Fsp3) is 0.757. The number of aliphatic carboxylic acids is 1. The second-order valence-corrected chi connectivity index (χ2v) is 34.7. The first-order valence-corrected chi connectivity index (χ1v) is 42.2. The molecule has 0 aromatic heterocycles. The lowest BCUT2D eigenvalue weighted by molar-refractivity contribution is -0.150. The first-order chi connectivity index (χ1) is 54.3. The minimum absolute atomic E-state index is 0.00240. The molecular weight excluding hydrogens is 1540 g/mol. The predicted octanol–water partition coefficient (Wildman–Crippen LogP) is -4.40. The summed E-state index contributed by atoms with van der Waals surface area (Å²) in [5, 5.41) is 64.9. The Morgan fingerprint density at radius 2 is 1.03 bits per heavy atom. The van der Waals surface area contributed by atoms with Crippen molar-refractivity contribution in [2.75, 3.05) is 51.7 Å². The lowest BCUT2D eigenvalue weighted by Gasteiger charge is -2.39. The SMILES string of the molecule is CC[C@H](C)[C@@H]1NC(=O)CNC(=O)CNC(=O)[C@H](C)NC(=O)[C@@H](CC(=O)O)NC(=O)[C@@H]2CCCN2C(=O)[C@H]([C@@H](C)CC)NC(=O)[C@H]2NC(=O)[C@H]([C@@H](C)CC)NC(=O)[C@@H]3C[C@@H]4CCCC[C@@H]4N3C(=O)[C@@H]3CCCN3C(=O)[C@H](CC(C)C)NC(=O)[C@H](CO)NC(=O)[C@H](CCCN=C(N)N)NC(=O)[C@H](CO)NC(=O)[C@H](CSSC2(C)C)NC1=O. The van der Waals surface area contributed by atoms with Gasteiger partial charge in [-0.05, 0) is 115 Å². The summed E-state index contributed by atoms with van der Waals surface area (Å²) < 4.78 is -1.63. The monoisotopic (exact) mass is 1660 g/mol. The van der Waals surface area contributed by atoms with Gasteiger partial charge < -0.3 is 111 Å². The third-order valence-electron chi connectivity index (χ3n) is 22.2. The van der Waals surface area contributed by atoms with E-state index in [1.807, 2.05) is 0 Å². The molecule has 0 radical (unpaired) electrons. The highest BCUT2D eigenvalue weighted by molar-refractivity contribution is 8.77. The Morgan fingerprint density at radius 1 is 0.522 bits per heavy atom. The first kappa shape index (κ1) is 94.7. The second-order valence-electron chi connectivity index (χ2n) is 31.7. The van der Waals surface area contributed by atoms with Crippen LogP contribution in [0, 0.1) is 29.6 Å². The topological polar surface area (TPSA) is 581 Å². The second kappa shape index (κ2) is 44.3. The zero-order chi connectivity index (χ0) is 85.5. The third kappa shape index (κ3) is 26.2. The van der Waals surface area contributed by atoms with E-state index in [2.05, 4.69) is 74.1 Å². The van der Waals surface area contributed by atoms with Crippen LogP contribution < -0.4 is 80.6 Å². The number of nitrogens with two attached hydrogens (primary N) is 2. The van der Waals surface area contributed by atoms with Crippen molar-refractivity contribution in [2.45, 2.75) is 274 Å². The van der Waals surface area contributed by atoms with Gasteiger partial charge in [-0.25, -0.2) is 0 Å². The number of carboxylic acids is 1. The summed E-state index contributed by atoms with van der Waals surface area (Å²) in [5.41, 5.74) is 11.2. The molecule has 0 spiro atoms. The Morgan fingerprint density at radius 3 is 1.63 bits per heavy atom. The Labute approximate surface area is 677 Å². The molecule has 41 heteroatoms. The van der Waals surface area contributed by atoms with E-state index < -0.39 is 252 Å². The summed E-state index contributed by atoms with van der Waals surface area (Å²) in [5.74, 6) is -20.1. The van der Waals surface area contributed by atoms with Crippen LogP contribution in [-0.4, -0.2) is 284 Å². The number of rotatable bonds is 16. The smallest absolute Gasteiger partial charge is 0.305 e. The van der Waals surface area contributed by atoms with Gasteiger partial charge in [0.1, 0.15) is 84.6 Å². The van der Waals surface area contributed by atoms with Crippen molar-refractivity contribution in [3.8, 4) is 0 Å². The van der Waals surface area contributed by atoms with E-state index >= 15 is 33.6 Å². The van der Waals surface area contributed by atoms with Crippen LogP contribution in [0.25, 0.3) is 0 Å². The number of aliphatic hydroxyl groups excluding tert-OH is 2. The van der Waals surface area contributed by atoms with Crippen molar-refractivity contribution in [3.05, 3.63) is 0 Å². The minimum atomic E-state index is -1.96. The normalized spacial score (nSPS) is 30.7. The van der Waals surface area contributed by atoms with Crippen LogP contribution in [0.1, 0.15) is 179 Å². The van der Waals surface area contributed by atoms with Gasteiger partial charge in [-0.2, -0.15) is 0 Å². The van der Waals surface area contributed by atoms with Gasteiger partial charge in [0.25, 0.3) is 0 Å². The molecule has 0 unspecified atom stereocenters. The van der Waals surface area contributed by atoms with Gasteiger partial charge in [0.05, 0.1) is 32.7 Å². The molecule has 1 aliphatic carbocycles. The number of nitrogens with one attached hydrogen (secondary N) is 13. The zero-order valence-corrected chi connectivity index (χ0v) is 69.2. The number of aliphatic hydroxyl groups is 2. The van der Waals surface area contributed by atoms with Gasteiger partial charge in [0.15, 0.2) is 5.96 Å². The van der Waals surface area contributed by atoms with Gasteiger partial charge >= 0.3 is 5.97 Å². The minimum Gasteiger partial charge on any atom is -0.481 e. The van der Waals surface area contributed by atoms with Crippen molar-refractivity contribution in [2.24, 2.45) is 46.0 Å². The van der Waals surface area contributed by atoms with E-state index in [1.54, 1.807) is 55.4 Å². The average molecular weight is 1660 g/mol. The van der Waals surface area contributed by atoms with E-state index in [0.717, 1.165) is 28.0 Å². The average Bonchev–Trinajstić information content (AvgIpc) is 1.62. The van der Waals surface area contributed by atoms with E-state index in [4.69, 9.17) is 11.5 Å². The molecule has 5 aliphatic heterocycles. The highest BCUT2D eigenvalue weighted by Gasteiger charge is 2.53. The van der Waals surface area contributed by atoms with Crippen LogP contribution in [0.5, 0.6) is 0 Å². The standard InChI is InChI=1S/C74H121N19O20S2/c1-12-37(6)55-67(108)86-47-35-114-115-74(10,11)58(69(110)89-57(39(8)14-3)72(113)91-26-18-23-49(91)65(106)82-43(30-54(98)99)61(102)80-40(9)59(100)79-31-52(96)78-32-53(97)87-55)90-68(109)56(38(7)13-2)88-66(107)51-29-41-20-15-16-22-48(41)93(51)71(112)50-24-19-27-92(50)70(111)44(28-36(4)5)83-63(104)46(34-95)84-60(101)42(21-17-25-77-73(75)76)81-62(103)45(33-94)85-64(47)105/h36-51,55-58,94-95H,12-35H2,1-11H3,(H,78,96)(H,79,100)(H,80,102)(H,81,103)(H,82,106)(H,83,104)(H,84,101)(H,85,105)(H,86,108)(H,87,97)(H,88,107)(H,89,110)(H,90,109)(H,98,99)(H4,75,76,77)/t37-,38-,39-,40-,41-,42-,43+,44-,45-,46-,47-,48-,49-,50-,51-,55-,56-,57-,58+/m0/s1. The fourth-order valence-corrected chi connectivity index (χ4v) is 17.8. The molecule has 0 aromatic carbocycles. The number of hydrogen-bond donors (Lipinski definition) is 18. The highest BCUT2D eigenvalue weighted by atomic mass is 33.1. The lowest BCUT2D eigenvalue weighted by Crippen LogP contribution is -2.64. The number of carbonyl (C=O) groups is 17. The van der Waals surface area contributed by atoms with E-state index in [0.29, 0.717) is 25.7 Å². The maximum Gasteiger partial charge on any atom is 0.305 e. The van der Waals surface area contributed by atoms with E-state index in [-0.39, 0.29) is 102 Å². The molecule has 39 nitrogen and oxygen atoms in total. The van der Waals surface area contributed by atoms with Crippen LogP contribution in [-0.2, 0) is 81.5 Å². The maximum atomic E-state index is 15.8. The number of nitrogens with zero attached hydrogens (tertiary/aromatic N) is 4. The number of carbonyl (C=O) groups excluding carboxylic acids is 16. The molecule has 644 valence electrons. The molecule has 19 atom stereocenters. The Kier molecular flexibility index (Phi) is 36.5. The van der Waals surface area contributed by atoms with Crippen molar-refractivity contribution < 1.29 is 96.8 Å². The van der Waals surface area contributed by atoms with Crippen LogP contribution in [0.2, 0.25) is 0 Å². The summed E-state index contributed by atoms with van der Waals surface area (Å²) >= 11 is 0. The van der Waals surface area contributed by atoms with Crippen molar-refractivity contribution in [3.63, 3.8) is 0 Å². The number of carboxylic acid groups (broad SMARTS) is 1. The molecule has 5 heterocycles. The van der Waals surface area contributed by atoms with Crippen LogP contribution in [0.3, 0.4) is 0 Å². The Bertz CT molecular complexity index is 3570. The molecule has 115 heavy (non-hydrogen) atoms. The van der Waals surface area contributed by atoms with Crippen LogP contribution >= 0.6 is 21.6 Å². The van der Waals surface area contributed by atoms with Gasteiger partial charge in [0.2, 0.25) is 94.5 Å². The highest BCUT2D eigenvalue weighted by Crippen LogP contribution is 2.42. The quantitative estimate of drug-likeness (QED) is 0.0300. The largest absolute Gasteiger partial charge is 0.481 e. The first-order valence-electron chi connectivity index (χ1n) is 39.9. The molecule has 2 bridgehead atoms. The maximum absolute atomic E-state index is 15.8. The molecule has 6 fully saturated rings. The van der Waals surface area contributed by atoms with Crippen molar-refractivity contribution in [1.29, 1.82) is 0 Å². The summed E-state index contributed by atoms with van der Waals surface area (Å²) in [7, 11) is 1.71. The zero-order valence-electron chi connectivity index (χ0n) is 67.6. The summed E-state index contributed by atoms with van der Waals surface area (Å²) in [4.78, 5) is 255. The predicted molar refractivity (Wildman–Crippen MR) is 422 cm³/mol. The van der Waals surface area contributed by atoms with E-state index in [9.17, 15) is 63.3 Å². The third-order valence-corrected chi connectivity index (χ3v) is 25.5. The molecule has 0 aromatic rings. The van der Waals surface area contributed by atoms with Crippen molar-refractivity contribution >= 4 is 128 Å². The summed E-state index contributed by atoms with van der Waals surface area (Å²) in [6, 6.07) is -22.2. The molecule has 16 amide bonds. The van der Waals surface area contributed by atoms with Gasteiger partial charge in [-0.3, -0.25) is 86.5 Å².